The third-order valence-electron chi connectivity index (χ3n) is 5.71. The number of amides is 1. The van der Waals surface area contributed by atoms with E-state index in [1.807, 2.05) is 29.0 Å². The third kappa shape index (κ3) is 4.43. The van der Waals surface area contributed by atoms with Crippen LogP contribution in [0.1, 0.15) is 30.3 Å². The predicted octanol–water partition coefficient (Wildman–Crippen LogP) is 3.05. The molecule has 3 aromatic heterocycles. The standard InChI is InChI=1S/C21H26FN7OS/c1-4-28(13-17-23-7-10-31-17)20(30)15-5-8-29(9-6-15)21-24-12-16(22)18(26-21)19-14(2)11-25-27(19)3/h7,10-12,15H,4-6,8-9,13H2,1-3H3. The van der Waals surface area contributed by atoms with Gasteiger partial charge in [0, 0.05) is 44.2 Å². The molecule has 0 bridgehead atoms. The molecule has 0 spiro atoms. The molecule has 10 heteroatoms. The molecule has 1 fully saturated rings. The summed E-state index contributed by atoms with van der Waals surface area (Å²) < 4.78 is 16.1. The van der Waals surface area contributed by atoms with Crippen molar-refractivity contribution in [2.75, 3.05) is 24.5 Å². The van der Waals surface area contributed by atoms with E-state index in [0.717, 1.165) is 10.6 Å². The lowest BCUT2D eigenvalue weighted by atomic mass is 9.95. The smallest absolute Gasteiger partial charge is 0.226 e. The Kier molecular flexibility index (Phi) is 6.26. The van der Waals surface area contributed by atoms with Gasteiger partial charge in [0.05, 0.1) is 24.6 Å². The summed E-state index contributed by atoms with van der Waals surface area (Å²) in [6.07, 6.45) is 6.11. The Bertz CT molecular complexity index is 1020. The molecular weight excluding hydrogens is 417 g/mol. The van der Waals surface area contributed by atoms with Gasteiger partial charge in [-0.2, -0.15) is 5.10 Å². The highest BCUT2D eigenvalue weighted by atomic mass is 32.1. The van der Waals surface area contributed by atoms with Crippen LogP contribution in [-0.2, 0) is 18.4 Å². The predicted molar refractivity (Wildman–Crippen MR) is 117 cm³/mol. The molecule has 0 unspecified atom stereocenters. The molecule has 1 aliphatic heterocycles. The van der Waals surface area contributed by atoms with Gasteiger partial charge in [-0.15, -0.1) is 11.3 Å². The van der Waals surface area contributed by atoms with Gasteiger partial charge in [-0.05, 0) is 32.3 Å². The first kappa shape index (κ1) is 21.4. The highest BCUT2D eigenvalue weighted by Crippen LogP contribution is 2.27. The number of anilines is 1. The summed E-state index contributed by atoms with van der Waals surface area (Å²) in [7, 11) is 1.77. The number of hydrogen-bond acceptors (Lipinski definition) is 7. The number of halogens is 1. The minimum atomic E-state index is -0.471. The molecule has 0 radical (unpaired) electrons. The van der Waals surface area contributed by atoms with Gasteiger partial charge in [0.25, 0.3) is 0 Å². The lowest BCUT2D eigenvalue weighted by Gasteiger charge is -2.34. The van der Waals surface area contributed by atoms with Gasteiger partial charge in [0.1, 0.15) is 10.7 Å². The molecule has 0 aliphatic carbocycles. The van der Waals surface area contributed by atoms with E-state index in [2.05, 4.69) is 20.1 Å². The second-order valence-electron chi connectivity index (χ2n) is 7.71. The van der Waals surface area contributed by atoms with Crippen molar-refractivity contribution in [2.24, 2.45) is 13.0 Å². The summed E-state index contributed by atoms with van der Waals surface area (Å²) in [6.45, 7) is 6.40. The van der Waals surface area contributed by atoms with E-state index < -0.39 is 5.82 Å². The highest BCUT2D eigenvalue weighted by Gasteiger charge is 2.30. The summed E-state index contributed by atoms with van der Waals surface area (Å²) in [5.41, 5.74) is 1.75. The number of carbonyl (C=O) groups excluding carboxylic acids is 1. The average Bonchev–Trinajstić information content (AvgIpc) is 3.42. The van der Waals surface area contributed by atoms with Crippen molar-refractivity contribution in [2.45, 2.75) is 33.2 Å². The van der Waals surface area contributed by atoms with E-state index in [4.69, 9.17) is 0 Å². The maximum atomic E-state index is 14.5. The van der Waals surface area contributed by atoms with E-state index in [1.54, 1.807) is 35.5 Å². The third-order valence-corrected chi connectivity index (χ3v) is 6.47. The van der Waals surface area contributed by atoms with Gasteiger partial charge in [-0.25, -0.2) is 19.3 Å². The Morgan fingerprint density at radius 3 is 2.68 bits per heavy atom. The molecule has 0 atom stereocenters. The summed E-state index contributed by atoms with van der Waals surface area (Å²) in [6, 6.07) is 0. The number of hydrogen-bond donors (Lipinski definition) is 0. The molecule has 1 aliphatic rings. The maximum Gasteiger partial charge on any atom is 0.226 e. The molecule has 3 aromatic rings. The van der Waals surface area contributed by atoms with Crippen LogP contribution in [0.15, 0.2) is 24.0 Å². The van der Waals surface area contributed by atoms with E-state index in [0.29, 0.717) is 50.7 Å². The van der Waals surface area contributed by atoms with E-state index >= 15 is 0 Å². The lowest BCUT2D eigenvalue weighted by Crippen LogP contribution is -2.42. The Balaban J connectivity index is 1.44. The monoisotopic (exact) mass is 443 g/mol. The van der Waals surface area contributed by atoms with Crippen LogP contribution in [0.4, 0.5) is 10.3 Å². The van der Waals surface area contributed by atoms with Crippen molar-refractivity contribution in [1.29, 1.82) is 0 Å². The largest absolute Gasteiger partial charge is 0.341 e. The first-order valence-corrected chi connectivity index (χ1v) is 11.3. The Morgan fingerprint density at radius 1 is 1.29 bits per heavy atom. The molecule has 31 heavy (non-hydrogen) atoms. The van der Waals surface area contributed by atoms with E-state index in [9.17, 15) is 9.18 Å². The summed E-state index contributed by atoms with van der Waals surface area (Å²) >= 11 is 1.56. The quantitative estimate of drug-likeness (QED) is 0.583. The van der Waals surface area contributed by atoms with E-state index in [1.165, 1.54) is 6.20 Å². The molecule has 0 saturated carbocycles. The Labute approximate surface area is 184 Å². The fraction of sp³-hybridized carbons (Fsp3) is 0.476. The number of thiazole rings is 1. The number of rotatable bonds is 6. The number of aryl methyl sites for hydroxylation is 2. The van der Waals surface area contributed by atoms with Gasteiger partial charge >= 0.3 is 0 Å². The summed E-state index contributed by atoms with van der Waals surface area (Å²) in [5.74, 6) is 0.151. The topological polar surface area (TPSA) is 80.0 Å². The minimum Gasteiger partial charge on any atom is -0.341 e. The molecule has 1 saturated heterocycles. The average molecular weight is 444 g/mol. The SMILES string of the molecule is CCN(Cc1nccs1)C(=O)C1CCN(c2ncc(F)c(-c3c(C)cnn3C)n2)CC1. The van der Waals surface area contributed by atoms with Crippen molar-refractivity contribution in [3.63, 3.8) is 0 Å². The van der Waals surface area contributed by atoms with Crippen molar-refractivity contribution >= 4 is 23.2 Å². The van der Waals surface area contributed by atoms with Gasteiger partial charge in [0.15, 0.2) is 5.82 Å². The van der Waals surface area contributed by atoms with E-state index in [-0.39, 0.29) is 17.5 Å². The zero-order valence-electron chi connectivity index (χ0n) is 18.0. The van der Waals surface area contributed by atoms with Gasteiger partial charge in [0.2, 0.25) is 11.9 Å². The zero-order chi connectivity index (χ0) is 22.0. The molecule has 0 aromatic carbocycles. The summed E-state index contributed by atoms with van der Waals surface area (Å²) in [4.78, 5) is 29.9. The van der Waals surface area contributed by atoms with Crippen molar-refractivity contribution in [3.8, 4) is 11.4 Å². The molecule has 1 amide bonds. The Morgan fingerprint density at radius 2 is 2.06 bits per heavy atom. The molecular formula is C21H26FN7OS. The molecule has 4 heterocycles. The van der Waals surface area contributed by atoms with Gasteiger partial charge < -0.3 is 9.80 Å². The second-order valence-corrected chi connectivity index (χ2v) is 8.69. The number of carbonyl (C=O) groups is 1. The fourth-order valence-electron chi connectivity index (χ4n) is 3.99. The van der Waals surface area contributed by atoms with Gasteiger partial charge in [-0.1, -0.05) is 0 Å². The molecule has 8 nitrogen and oxygen atoms in total. The van der Waals surface area contributed by atoms with Crippen molar-refractivity contribution < 1.29 is 9.18 Å². The van der Waals surface area contributed by atoms with Crippen LogP contribution in [0.3, 0.4) is 0 Å². The molecule has 0 N–H and O–H groups in total. The second kappa shape index (κ2) is 9.09. The number of piperidine rings is 1. The Hall–Kier alpha value is -2.88. The lowest BCUT2D eigenvalue weighted by molar-refractivity contribution is -0.136. The minimum absolute atomic E-state index is 0.0320. The van der Waals surface area contributed by atoms with Crippen molar-refractivity contribution in [3.05, 3.63) is 40.4 Å². The summed E-state index contributed by atoms with van der Waals surface area (Å²) in [5, 5.41) is 7.06. The first-order valence-electron chi connectivity index (χ1n) is 10.4. The van der Waals surface area contributed by atoms with Crippen LogP contribution < -0.4 is 4.90 Å². The van der Waals surface area contributed by atoms with Crippen LogP contribution in [0.5, 0.6) is 0 Å². The van der Waals surface area contributed by atoms with Crippen LogP contribution in [-0.4, -0.2) is 55.2 Å². The van der Waals surface area contributed by atoms with Crippen LogP contribution in [0.25, 0.3) is 11.4 Å². The first-order chi connectivity index (χ1) is 15.0. The van der Waals surface area contributed by atoms with Crippen molar-refractivity contribution in [1.82, 2.24) is 29.6 Å². The fourth-order valence-corrected chi connectivity index (χ4v) is 4.62. The zero-order valence-corrected chi connectivity index (χ0v) is 18.8. The maximum absolute atomic E-state index is 14.5. The normalized spacial score (nSPS) is 14.8. The van der Waals surface area contributed by atoms with Gasteiger partial charge in [-0.3, -0.25) is 9.48 Å². The number of aromatic nitrogens is 5. The highest BCUT2D eigenvalue weighted by molar-refractivity contribution is 7.09. The van der Waals surface area contributed by atoms with Crippen LogP contribution >= 0.6 is 11.3 Å². The molecule has 4 rings (SSSR count). The van der Waals surface area contributed by atoms with Crippen LogP contribution in [0, 0.1) is 18.7 Å². The molecule has 164 valence electrons. The number of nitrogens with zero attached hydrogens (tertiary/aromatic N) is 7. The van der Waals surface area contributed by atoms with Crippen LogP contribution in [0.2, 0.25) is 0 Å².